The number of hydrogen-bond donors (Lipinski definition) is 0. The second-order valence-corrected chi connectivity index (χ2v) is 3.72. The Kier molecular flexibility index (Phi) is 5.20. The standard InChI is InChI=1S/C13H16O4/c1-10-6-8-11(9-7-10)17-13(15)5-3-4-12(14)16-2/h6-9H,3-5H2,1-2H3. The minimum atomic E-state index is -0.335. The van der Waals surface area contributed by atoms with Crippen molar-refractivity contribution >= 4 is 11.9 Å². The van der Waals surface area contributed by atoms with E-state index in [4.69, 9.17) is 4.74 Å². The van der Waals surface area contributed by atoms with Crippen LogP contribution in [0.25, 0.3) is 0 Å². The van der Waals surface area contributed by atoms with Crippen molar-refractivity contribution in [1.29, 1.82) is 0 Å². The molecular weight excluding hydrogens is 220 g/mol. The highest BCUT2D eigenvalue weighted by Crippen LogP contribution is 2.12. The van der Waals surface area contributed by atoms with E-state index in [1.165, 1.54) is 7.11 Å². The Labute approximate surface area is 101 Å². The molecule has 1 rings (SSSR count). The van der Waals surface area contributed by atoms with Crippen LogP contribution in [0.3, 0.4) is 0 Å². The third-order valence-electron chi connectivity index (χ3n) is 2.24. The summed E-state index contributed by atoms with van der Waals surface area (Å²) < 4.78 is 9.57. The number of carbonyl (C=O) groups is 2. The van der Waals surface area contributed by atoms with Gasteiger partial charge in [0.25, 0.3) is 0 Å². The quantitative estimate of drug-likeness (QED) is 0.581. The SMILES string of the molecule is COC(=O)CCCC(=O)Oc1ccc(C)cc1. The van der Waals surface area contributed by atoms with Gasteiger partial charge in [0.05, 0.1) is 7.11 Å². The summed E-state index contributed by atoms with van der Waals surface area (Å²) in [7, 11) is 1.33. The Bertz CT molecular complexity index is 381. The summed E-state index contributed by atoms with van der Waals surface area (Å²) in [6.07, 6.45) is 0.889. The summed E-state index contributed by atoms with van der Waals surface area (Å²) in [6, 6.07) is 7.23. The van der Waals surface area contributed by atoms with Gasteiger partial charge in [-0.15, -0.1) is 0 Å². The van der Waals surface area contributed by atoms with E-state index in [1.54, 1.807) is 12.1 Å². The van der Waals surface area contributed by atoms with Gasteiger partial charge in [-0.1, -0.05) is 17.7 Å². The number of hydrogen-bond acceptors (Lipinski definition) is 4. The van der Waals surface area contributed by atoms with E-state index in [1.807, 2.05) is 19.1 Å². The monoisotopic (exact) mass is 236 g/mol. The fourth-order valence-corrected chi connectivity index (χ4v) is 1.27. The first-order valence-electron chi connectivity index (χ1n) is 5.46. The molecular formula is C13H16O4. The summed E-state index contributed by atoms with van der Waals surface area (Å²) in [5.41, 5.74) is 1.11. The lowest BCUT2D eigenvalue weighted by molar-refractivity contribution is -0.141. The van der Waals surface area contributed by atoms with Crippen molar-refractivity contribution in [2.75, 3.05) is 7.11 Å². The van der Waals surface area contributed by atoms with Crippen molar-refractivity contribution in [3.8, 4) is 5.75 Å². The zero-order chi connectivity index (χ0) is 12.7. The Balaban J connectivity index is 2.30. The second kappa shape index (κ2) is 6.68. The lowest BCUT2D eigenvalue weighted by Gasteiger charge is -2.04. The molecule has 92 valence electrons. The van der Waals surface area contributed by atoms with E-state index >= 15 is 0 Å². The maximum Gasteiger partial charge on any atom is 0.311 e. The van der Waals surface area contributed by atoms with Gasteiger partial charge in [-0.3, -0.25) is 9.59 Å². The molecule has 0 saturated heterocycles. The molecule has 1 aromatic carbocycles. The minimum absolute atomic E-state index is 0.211. The molecule has 0 bridgehead atoms. The lowest BCUT2D eigenvalue weighted by Crippen LogP contribution is -2.09. The molecule has 17 heavy (non-hydrogen) atoms. The Morgan fingerprint density at radius 1 is 1.06 bits per heavy atom. The van der Waals surface area contributed by atoms with Gasteiger partial charge in [0, 0.05) is 12.8 Å². The molecule has 0 amide bonds. The molecule has 0 unspecified atom stereocenters. The van der Waals surface area contributed by atoms with Crippen molar-refractivity contribution in [3.05, 3.63) is 29.8 Å². The first kappa shape index (κ1) is 13.2. The smallest absolute Gasteiger partial charge is 0.311 e. The molecule has 0 N–H and O–H groups in total. The molecule has 0 saturated carbocycles. The van der Waals surface area contributed by atoms with Gasteiger partial charge in [0.15, 0.2) is 0 Å². The average molecular weight is 236 g/mol. The van der Waals surface area contributed by atoms with Crippen LogP contribution in [0.4, 0.5) is 0 Å². The fraction of sp³-hybridized carbons (Fsp3) is 0.385. The summed E-state index contributed by atoms with van der Waals surface area (Å²) >= 11 is 0. The van der Waals surface area contributed by atoms with Crippen molar-refractivity contribution < 1.29 is 19.1 Å². The molecule has 4 heteroatoms. The number of benzene rings is 1. The maximum atomic E-state index is 11.4. The third kappa shape index (κ3) is 5.15. The molecule has 0 fully saturated rings. The van der Waals surface area contributed by atoms with Crippen LogP contribution in [0.1, 0.15) is 24.8 Å². The van der Waals surface area contributed by atoms with Gasteiger partial charge in [-0.25, -0.2) is 0 Å². The van der Waals surface area contributed by atoms with E-state index in [2.05, 4.69) is 4.74 Å². The highest BCUT2D eigenvalue weighted by molar-refractivity contribution is 5.74. The van der Waals surface area contributed by atoms with Crippen LogP contribution in [0, 0.1) is 6.92 Å². The molecule has 0 atom stereocenters. The van der Waals surface area contributed by atoms with E-state index in [0.717, 1.165) is 5.56 Å². The topological polar surface area (TPSA) is 52.6 Å². The molecule has 0 aliphatic heterocycles. The Morgan fingerprint density at radius 2 is 1.65 bits per heavy atom. The van der Waals surface area contributed by atoms with E-state index in [9.17, 15) is 9.59 Å². The zero-order valence-corrected chi connectivity index (χ0v) is 10.1. The van der Waals surface area contributed by atoms with Crippen molar-refractivity contribution in [2.45, 2.75) is 26.2 Å². The van der Waals surface area contributed by atoms with Gasteiger partial charge >= 0.3 is 11.9 Å². The molecule has 0 aliphatic rings. The Hall–Kier alpha value is -1.84. The molecule has 0 heterocycles. The van der Waals surface area contributed by atoms with E-state index in [0.29, 0.717) is 12.2 Å². The molecule has 0 aromatic heterocycles. The van der Waals surface area contributed by atoms with Crippen LogP contribution in [-0.2, 0) is 14.3 Å². The average Bonchev–Trinajstić information content (AvgIpc) is 2.32. The number of methoxy groups -OCH3 is 1. The zero-order valence-electron chi connectivity index (χ0n) is 10.1. The molecule has 1 aromatic rings. The van der Waals surface area contributed by atoms with Crippen LogP contribution in [0.5, 0.6) is 5.75 Å². The van der Waals surface area contributed by atoms with Gasteiger partial charge in [-0.2, -0.15) is 0 Å². The highest BCUT2D eigenvalue weighted by atomic mass is 16.5. The fourth-order valence-electron chi connectivity index (χ4n) is 1.27. The highest BCUT2D eigenvalue weighted by Gasteiger charge is 2.07. The van der Waals surface area contributed by atoms with Crippen LogP contribution >= 0.6 is 0 Å². The first-order valence-corrected chi connectivity index (χ1v) is 5.46. The van der Waals surface area contributed by atoms with Crippen molar-refractivity contribution in [1.82, 2.24) is 0 Å². The number of aryl methyl sites for hydroxylation is 1. The number of carbonyl (C=O) groups excluding carboxylic acids is 2. The van der Waals surface area contributed by atoms with Crippen molar-refractivity contribution in [3.63, 3.8) is 0 Å². The predicted octanol–water partition coefficient (Wildman–Crippen LogP) is 2.24. The van der Waals surface area contributed by atoms with Gasteiger partial charge in [0.1, 0.15) is 5.75 Å². The lowest BCUT2D eigenvalue weighted by atomic mass is 10.2. The Morgan fingerprint density at radius 3 is 2.24 bits per heavy atom. The molecule has 0 radical (unpaired) electrons. The van der Waals surface area contributed by atoms with Crippen LogP contribution in [0.2, 0.25) is 0 Å². The molecule has 4 nitrogen and oxygen atoms in total. The van der Waals surface area contributed by atoms with Crippen LogP contribution in [-0.4, -0.2) is 19.0 Å². The summed E-state index contributed by atoms with van der Waals surface area (Å²) in [5, 5.41) is 0. The molecule has 0 aliphatic carbocycles. The number of ether oxygens (including phenoxy) is 2. The second-order valence-electron chi connectivity index (χ2n) is 3.72. The maximum absolute atomic E-state index is 11.4. The van der Waals surface area contributed by atoms with E-state index in [-0.39, 0.29) is 24.8 Å². The van der Waals surface area contributed by atoms with Crippen molar-refractivity contribution in [2.24, 2.45) is 0 Å². The van der Waals surface area contributed by atoms with Gasteiger partial charge in [-0.05, 0) is 25.5 Å². The minimum Gasteiger partial charge on any atom is -0.469 e. The number of rotatable bonds is 5. The third-order valence-corrected chi connectivity index (χ3v) is 2.24. The van der Waals surface area contributed by atoms with Gasteiger partial charge in [0.2, 0.25) is 0 Å². The summed E-state index contributed by atoms with van der Waals surface area (Å²) in [4.78, 5) is 22.2. The van der Waals surface area contributed by atoms with Crippen LogP contribution in [0.15, 0.2) is 24.3 Å². The predicted molar refractivity (Wildman–Crippen MR) is 62.7 cm³/mol. The largest absolute Gasteiger partial charge is 0.469 e. The number of esters is 2. The summed E-state index contributed by atoms with van der Waals surface area (Å²) in [5.74, 6) is -0.121. The van der Waals surface area contributed by atoms with Gasteiger partial charge < -0.3 is 9.47 Å². The normalized spacial score (nSPS) is 9.76. The summed E-state index contributed by atoms with van der Waals surface area (Å²) in [6.45, 7) is 1.96. The first-order chi connectivity index (χ1) is 8.11. The van der Waals surface area contributed by atoms with E-state index < -0.39 is 0 Å². The van der Waals surface area contributed by atoms with Crippen LogP contribution < -0.4 is 4.74 Å². The molecule has 0 spiro atoms.